The number of hydrogen-bond acceptors (Lipinski definition) is 4. The van der Waals surface area contributed by atoms with Crippen LogP contribution in [0.25, 0.3) is 0 Å². The number of hydrogen-bond donors (Lipinski definition) is 1. The van der Waals surface area contributed by atoms with Crippen molar-refractivity contribution in [1.29, 1.82) is 0 Å². The van der Waals surface area contributed by atoms with E-state index in [9.17, 15) is 9.90 Å². The van der Waals surface area contributed by atoms with Crippen LogP contribution in [0.5, 0.6) is 0 Å². The molecule has 0 aliphatic carbocycles. The monoisotopic (exact) mass is 230 g/mol. The number of ether oxygens (including phenoxy) is 2. The van der Waals surface area contributed by atoms with Gasteiger partial charge in [-0.25, -0.2) is 0 Å². The third-order valence-electron chi connectivity index (χ3n) is 3.08. The zero-order chi connectivity index (χ0) is 12.0. The largest absolute Gasteiger partial charge is 0.466 e. The average molecular weight is 230 g/mol. The quantitative estimate of drug-likeness (QED) is 0.730. The van der Waals surface area contributed by atoms with Crippen LogP contribution in [0.3, 0.4) is 0 Å². The molecule has 2 unspecified atom stereocenters. The molecule has 0 aromatic heterocycles. The van der Waals surface area contributed by atoms with Crippen molar-refractivity contribution in [1.82, 2.24) is 0 Å². The highest BCUT2D eigenvalue weighted by molar-refractivity contribution is 5.69. The molecule has 1 saturated heterocycles. The van der Waals surface area contributed by atoms with Crippen molar-refractivity contribution in [2.45, 2.75) is 57.7 Å². The minimum absolute atomic E-state index is 0.126. The van der Waals surface area contributed by atoms with Crippen LogP contribution in [-0.4, -0.2) is 36.0 Å². The highest BCUT2D eigenvalue weighted by Crippen LogP contribution is 2.30. The fourth-order valence-electron chi connectivity index (χ4n) is 2.06. The predicted molar refractivity (Wildman–Crippen MR) is 60.1 cm³/mol. The maximum atomic E-state index is 11.2. The van der Waals surface area contributed by atoms with Crippen LogP contribution in [0.15, 0.2) is 0 Å². The molecule has 0 amide bonds. The van der Waals surface area contributed by atoms with E-state index in [1.807, 2.05) is 6.92 Å². The summed E-state index contributed by atoms with van der Waals surface area (Å²) in [6.07, 6.45) is 3.04. The van der Waals surface area contributed by atoms with Crippen molar-refractivity contribution in [2.24, 2.45) is 0 Å². The summed E-state index contributed by atoms with van der Waals surface area (Å²) in [6.45, 7) is 4.81. The highest BCUT2D eigenvalue weighted by atomic mass is 16.5. The summed E-state index contributed by atoms with van der Waals surface area (Å²) in [4.78, 5) is 11.2. The maximum absolute atomic E-state index is 11.2. The van der Waals surface area contributed by atoms with Crippen LogP contribution in [0.1, 0.15) is 46.0 Å². The van der Waals surface area contributed by atoms with E-state index in [1.165, 1.54) is 0 Å². The summed E-state index contributed by atoms with van der Waals surface area (Å²) in [6, 6.07) is 0. The normalized spacial score (nSPS) is 30.1. The molecule has 1 aliphatic heterocycles. The van der Waals surface area contributed by atoms with Gasteiger partial charge in [-0.3, -0.25) is 4.79 Å². The molecule has 1 aliphatic rings. The van der Waals surface area contributed by atoms with Crippen molar-refractivity contribution >= 4 is 5.97 Å². The summed E-state index contributed by atoms with van der Waals surface area (Å²) >= 11 is 0. The lowest BCUT2D eigenvalue weighted by Crippen LogP contribution is -2.41. The molecule has 0 radical (unpaired) electrons. The molecule has 0 bridgehead atoms. The third-order valence-corrected chi connectivity index (χ3v) is 3.08. The van der Waals surface area contributed by atoms with Gasteiger partial charge in [0.05, 0.1) is 18.3 Å². The molecular weight excluding hydrogens is 208 g/mol. The van der Waals surface area contributed by atoms with Gasteiger partial charge in [-0.15, -0.1) is 0 Å². The molecule has 1 rings (SSSR count). The smallest absolute Gasteiger partial charge is 0.305 e. The molecule has 0 saturated carbocycles. The molecule has 4 heteroatoms. The lowest BCUT2D eigenvalue weighted by Gasteiger charge is -2.36. The van der Waals surface area contributed by atoms with Gasteiger partial charge in [-0.1, -0.05) is 6.92 Å². The van der Waals surface area contributed by atoms with Crippen molar-refractivity contribution < 1.29 is 19.4 Å². The minimum atomic E-state index is -0.744. The van der Waals surface area contributed by atoms with Crippen molar-refractivity contribution in [3.63, 3.8) is 0 Å². The molecule has 0 aromatic rings. The van der Waals surface area contributed by atoms with Crippen molar-refractivity contribution in [3.05, 3.63) is 0 Å². The van der Waals surface area contributed by atoms with Crippen molar-refractivity contribution in [2.75, 3.05) is 13.2 Å². The third kappa shape index (κ3) is 4.10. The van der Waals surface area contributed by atoms with E-state index >= 15 is 0 Å². The fourth-order valence-corrected chi connectivity index (χ4v) is 2.06. The minimum Gasteiger partial charge on any atom is -0.466 e. The molecule has 1 N–H and O–H groups in total. The molecule has 94 valence electrons. The lowest BCUT2D eigenvalue weighted by atomic mass is 9.85. The van der Waals surface area contributed by atoms with Gasteiger partial charge in [0.15, 0.2) is 0 Å². The Bertz CT molecular complexity index is 229. The van der Waals surface area contributed by atoms with Crippen LogP contribution in [0.2, 0.25) is 0 Å². The summed E-state index contributed by atoms with van der Waals surface area (Å²) in [5, 5.41) is 10.3. The first-order chi connectivity index (χ1) is 7.59. The Labute approximate surface area is 96.9 Å². The summed E-state index contributed by atoms with van der Waals surface area (Å²) < 4.78 is 10.4. The zero-order valence-corrected chi connectivity index (χ0v) is 10.2. The summed E-state index contributed by atoms with van der Waals surface area (Å²) in [7, 11) is 0. The molecule has 1 fully saturated rings. The van der Waals surface area contributed by atoms with E-state index in [2.05, 4.69) is 0 Å². The molecule has 2 atom stereocenters. The molecule has 0 aromatic carbocycles. The Balaban J connectivity index is 2.35. The first-order valence-electron chi connectivity index (χ1n) is 6.09. The highest BCUT2D eigenvalue weighted by Gasteiger charge is 2.34. The van der Waals surface area contributed by atoms with Gasteiger partial charge in [0.25, 0.3) is 0 Å². The van der Waals surface area contributed by atoms with Gasteiger partial charge >= 0.3 is 5.97 Å². The van der Waals surface area contributed by atoms with Crippen molar-refractivity contribution in [3.8, 4) is 0 Å². The topological polar surface area (TPSA) is 55.8 Å². The second-order valence-corrected chi connectivity index (χ2v) is 4.38. The zero-order valence-electron chi connectivity index (χ0n) is 10.2. The second-order valence-electron chi connectivity index (χ2n) is 4.38. The first-order valence-corrected chi connectivity index (χ1v) is 6.09. The number of carbonyl (C=O) groups excluding carboxylic acids is 1. The molecule has 0 spiro atoms. The van der Waals surface area contributed by atoms with Gasteiger partial charge < -0.3 is 14.6 Å². The van der Waals surface area contributed by atoms with Crippen LogP contribution in [-0.2, 0) is 14.3 Å². The van der Waals surface area contributed by atoms with Crippen LogP contribution >= 0.6 is 0 Å². The van der Waals surface area contributed by atoms with Gasteiger partial charge in [-0.2, -0.15) is 0 Å². The standard InChI is InChI=1S/C12H22O4/c1-3-10-9-12(14,7-8-16-10)6-5-11(13)15-4-2/h10,14H,3-9H2,1-2H3. The SMILES string of the molecule is CCOC(=O)CCC1(O)CCOC(CC)C1. The molecule has 4 nitrogen and oxygen atoms in total. The number of rotatable bonds is 5. The maximum Gasteiger partial charge on any atom is 0.305 e. The Morgan fingerprint density at radius 1 is 1.56 bits per heavy atom. The predicted octanol–water partition coefficient (Wildman–Crippen LogP) is 1.65. The van der Waals surface area contributed by atoms with Gasteiger partial charge in [0.1, 0.15) is 0 Å². The Kier molecular flexibility index (Phi) is 5.22. The van der Waals surface area contributed by atoms with E-state index < -0.39 is 5.60 Å². The van der Waals surface area contributed by atoms with E-state index in [0.29, 0.717) is 38.9 Å². The average Bonchev–Trinajstić information content (AvgIpc) is 2.27. The molecule has 1 heterocycles. The first kappa shape index (κ1) is 13.5. The van der Waals surface area contributed by atoms with Gasteiger partial charge in [-0.05, 0) is 26.2 Å². The summed E-state index contributed by atoms with van der Waals surface area (Å²) in [5.41, 5.74) is -0.744. The van der Waals surface area contributed by atoms with E-state index in [0.717, 1.165) is 6.42 Å². The van der Waals surface area contributed by atoms with E-state index in [4.69, 9.17) is 9.47 Å². The number of carbonyl (C=O) groups is 1. The summed E-state index contributed by atoms with van der Waals surface area (Å²) in [5.74, 6) is -0.226. The van der Waals surface area contributed by atoms with Crippen LogP contribution in [0, 0.1) is 0 Å². The van der Waals surface area contributed by atoms with E-state index in [-0.39, 0.29) is 12.1 Å². The van der Waals surface area contributed by atoms with Crippen LogP contribution in [0.4, 0.5) is 0 Å². The Morgan fingerprint density at radius 2 is 2.31 bits per heavy atom. The molecular formula is C12H22O4. The number of esters is 1. The number of aliphatic hydroxyl groups is 1. The Morgan fingerprint density at radius 3 is 2.94 bits per heavy atom. The fraction of sp³-hybridized carbons (Fsp3) is 0.917. The molecule has 16 heavy (non-hydrogen) atoms. The Hall–Kier alpha value is -0.610. The lowest BCUT2D eigenvalue weighted by molar-refractivity contribution is -0.147. The second kappa shape index (κ2) is 6.21. The van der Waals surface area contributed by atoms with Crippen LogP contribution < -0.4 is 0 Å². The van der Waals surface area contributed by atoms with E-state index in [1.54, 1.807) is 6.92 Å². The van der Waals surface area contributed by atoms with Gasteiger partial charge in [0.2, 0.25) is 0 Å². The van der Waals surface area contributed by atoms with Gasteiger partial charge in [0, 0.05) is 19.4 Å².